The second kappa shape index (κ2) is 5.16. The molecule has 2 aromatic rings. The molecular formula is C15H19ClN4O. The van der Waals surface area contributed by atoms with Gasteiger partial charge >= 0.3 is 0 Å². The predicted octanol–water partition coefficient (Wildman–Crippen LogP) is 2.14. The van der Waals surface area contributed by atoms with Crippen molar-refractivity contribution in [1.29, 1.82) is 0 Å². The van der Waals surface area contributed by atoms with Crippen LogP contribution in [0.15, 0.2) is 18.2 Å². The fourth-order valence-corrected chi connectivity index (χ4v) is 3.67. The molecule has 112 valence electrons. The van der Waals surface area contributed by atoms with Gasteiger partial charge in [0.25, 0.3) is 0 Å². The summed E-state index contributed by atoms with van der Waals surface area (Å²) in [6.45, 7) is 3.73. The van der Waals surface area contributed by atoms with E-state index in [1.54, 1.807) is 0 Å². The highest BCUT2D eigenvalue weighted by molar-refractivity contribution is 6.31. The molecule has 21 heavy (non-hydrogen) atoms. The summed E-state index contributed by atoms with van der Waals surface area (Å²) in [4.78, 5) is 6.94. The number of ether oxygens (including phenoxy) is 1. The minimum atomic E-state index is 0.165. The highest BCUT2D eigenvalue weighted by atomic mass is 35.5. The average molecular weight is 307 g/mol. The number of nitrogen functional groups attached to an aromatic ring is 1. The van der Waals surface area contributed by atoms with Gasteiger partial charge in [-0.25, -0.2) is 4.98 Å². The summed E-state index contributed by atoms with van der Waals surface area (Å²) in [5, 5.41) is 0.702. The van der Waals surface area contributed by atoms with Crippen molar-refractivity contribution in [3.63, 3.8) is 0 Å². The highest BCUT2D eigenvalue weighted by Gasteiger charge is 2.32. The zero-order chi connectivity index (χ0) is 14.4. The number of morpholine rings is 1. The van der Waals surface area contributed by atoms with Gasteiger partial charge in [0.1, 0.15) is 0 Å². The zero-order valence-electron chi connectivity index (χ0n) is 11.8. The summed E-state index contributed by atoms with van der Waals surface area (Å²) in [6, 6.07) is 6.28. The lowest BCUT2D eigenvalue weighted by atomic mass is 10.2. The number of aromatic nitrogens is 2. The first-order valence-electron chi connectivity index (χ1n) is 7.47. The molecule has 1 aromatic carbocycles. The van der Waals surface area contributed by atoms with Crippen molar-refractivity contribution < 1.29 is 4.74 Å². The van der Waals surface area contributed by atoms with Gasteiger partial charge < -0.3 is 15.0 Å². The maximum atomic E-state index is 6.09. The summed E-state index contributed by atoms with van der Waals surface area (Å²) >= 11 is 6.09. The van der Waals surface area contributed by atoms with E-state index in [1.807, 2.05) is 22.8 Å². The first-order chi connectivity index (χ1) is 10.2. The third-order valence-electron chi connectivity index (χ3n) is 4.59. The maximum absolute atomic E-state index is 6.09. The van der Waals surface area contributed by atoms with Crippen molar-refractivity contribution in [2.24, 2.45) is 0 Å². The van der Waals surface area contributed by atoms with Gasteiger partial charge in [-0.15, -0.1) is 0 Å². The third kappa shape index (κ3) is 2.39. The fraction of sp³-hybridized carbons (Fsp3) is 0.533. The van der Waals surface area contributed by atoms with E-state index in [0.29, 0.717) is 17.0 Å². The van der Waals surface area contributed by atoms with Crippen LogP contribution < -0.4 is 5.73 Å². The number of benzene rings is 1. The third-order valence-corrected chi connectivity index (χ3v) is 4.82. The van der Waals surface area contributed by atoms with Crippen LogP contribution in [0.3, 0.4) is 0 Å². The quantitative estimate of drug-likeness (QED) is 0.923. The number of halogens is 1. The number of nitrogens with zero attached hydrogens (tertiary/aromatic N) is 3. The smallest absolute Gasteiger partial charge is 0.201 e. The van der Waals surface area contributed by atoms with Gasteiger partial charge in [0, 0.05) is 17.6 Å². The molecule has 0 radical (unpaired) electrons. The van der Waals surface area contributed by atoms with E-state index in [4.69, 9.17) is 22.1 Å². The largest absolute Gasteiger partial charge is 0.373 e. The van der Waals surface area contributed by atoms with Gasteiger partial charge in [-0.1, -0.05) is 11.6 Å². The van der Waals surface area contributed by atoms with Crippen LogP contribution >= 0.6 is 11.6 Å². The Hall–Kier alpha value is -1.30. The van der Waals surface area contributed by atoms with Crippen molar-refractivity contribution in [2.75, 3.05) is 25.4 Å². The summed E-state index contributed by atoms with van der Waals surface area (Å²) in [6.07, 6.45) is 2.71. The lowest BCUT2D eigenvalue weighted by Gasteiger charge is -2.35. The minimum Gasteiger partial charge on any atom is -0.373 e. The standard InChI is InChI=1S/C15H19ClN4O/c16-10-3-4-13-14(6-10)20(15(17)18-13)8-12-7-19-5-1-2-11(19)9-21-12/h3-4,6,11-12H,1-2,5,7-9H2,(H2,17,18). The first-order valence-corrected chi connectivity index (χ1v) is 7.85. The number of fused-ring (bicyclic) bond motifs is 2. The highest BCUT2D eigenvalue weighted by Crippen LogP contribution is 2.26. The minimum absolute atomic E-state index is 0.165. The lowest BCUT2D eigenvalue weighted by molar-refractivity contribution is -0.0545. The summed E-state index contributed by atoms with van der Waals surface area (Å²) in [7, 11) is 0. The summed E-state index contributed by atoms with van der Waals surface area (Å²) < 4.78 is 8.04. The van der Waals surface area contributed by atoms with Gasteiger partial charge in [-0.3, -0.25) is 4.90 Å². The van der Waals surface area contributed by atoms with Crippen molar-refractivity contribution in [2.45, 2.75) is 31.5 Å². The topological polar surface area (TPSA) is 56.3 Å². The molecule has 0 saturated carbocycles. The normalized spacial score (nSPS) is 26.3. The Kier molecular flexibility index (Phi) is 3.28. The maximum Gasteiger partial charge on any atom is 0.201 e. The molecule has 2 unspecified atom stereocenters. The van der Waals surface area contributed by atoms with E-state index in [1.165, 1.54) is 19.4 Å². The van der Waals surface area contributed by atoms with Crippen LogP contribution in [0.4, 0.5) is 5.95 Å². The van der Waals surface area contributed by atoms with Crippen molar-refractivity contribution in [3.8, 4) is 0 Å². The number of rotatable bonds is 2. The predicted molar refractivity (Wildman–Crippen MR) is 83.5 cm³/mol. The number of anilines is 1. The Morgan fingerprint density at radius 1 is 1.43 bits per heavy atom. The Balaban J connectivity index is 1.59. The molecule has 4 rings (SSSR count). The molecule has 1 aromatic heterocycles. The second-order valence-electron chi connectivity index (χ2n) is 5.96. The lowest BCUT2D eigenvalue weighted by Crippen LogP contribution is -2.47. The molecule has 2 atom stereocenters. The van der Waals surface area contributed by atoms with Gasteiger partial charge in [-0.2, -0.15) is 0 Å². The summed E-state index contributed by atoms with van der Waals surface area (Å²) in [5.41, 5.74) is 7.93. The number of nitrogens with two attached hydrogens (primary N) is 1. The molecule has 2 aliphatic heterocycles. The van der Waals surface area contributed by atoms with Crippen LogP contribution in [0.1, 0.15) is 12.8 Å². The average Bonchev–Trinajstić information content (AvgIpc) is 3.04. The molecule has 2 aliphatic rings. The molecule has 2 fully saturated rings. The van der Waals surface area contributed by atoms with Crippen LogP contribution in [0, 0.1) is 0 Å². The van der Waals surface area contributed by atoms with E-state index >= 15 is 0 Å². The first kappa shape index (κ1) is 13.4. The van der Waals surface area contributed by atoms with Gasteiger partial charge in [-0.05, 0) is 37.6 Å². The van der Waals surface area contributed by atoms with Crippen LogP contribution in [0.25, 0.3) is 11.0 Å². The SMILES string of the molecule is Nc1nc2ccc(Cl)cc2n1CC1CN2CCCC2CO1. The van der Waals surface area contributed by atoms with E-state index in [2.05, 4.69) is 9.88 Å². The number of hydrogen-bond donors (Lipinski definition) is 1. The molecule has 0 spiro atoms. The molecule has 0 aliphatic carbocycles. The van der Waals surface area contributed by atoms with Gasteiger partial charge in [0.2, 0.25) is 5.95 Å². The van der Waals surface area contributed by atoms with Crippen LogP contribution in [0.5, 0.6) is 0 Å². The van der Waals surface area contributed by atoms with E-state index in [0.717, 1.165) is 30.7 Å². The Morgan fingerprint density at radius 3 is 3.24 bits per heavy atom. The van der Waals surface area contributed by atoms with Crippen molar-refractivity contribution in [3.05, 3.63) is 23.2 Å². The molecule has 3 heterocycles. The van der Waals surface area contributed by atoms with E-state index < -0.39 is 0 Å². The zero-order valence-corrected chi connectivity index (χ0v) is 12.6. The molecule has 5 nitrogen and oxygen atoms in total. The Morgan fingerprint density at radius 2 is 2.33 bits per heavy atom. The monoisotopic (exact) mass is 306 g/mol. The van der Waals surface area contributed by atoms with Crippen molar-refractivity contribution in [1.82, 2.24) is 14.5 Å². The fourth-order valence-electron chi connectivity index (χ4n) is 3.51. The number of imidazole rings is 1. The molecule has 2 N–H and O–H groups in total. The van der Waals surface area contributed by atoms with Crippen LogP contribution in [-0.4, -0.2) is 46.3 Å². The second-order valence-corrected chi connectivity index (χ2v) is 6.40. The van der Waals surface area contributed by atoms with E-state index in [-0.39, 0.29) is 6.10 Å². The molecule has 0 bridgehead atoms. The Labute approximate surface area is 128 Å². The van der Waals surface area contributed by atoms with Gasteiger partial charge in [0.15, 0.2) is 0 Å². The summed E-state index contributed by atoms with van der Waals surface area (Å²) in [5.74, 6) is 0.527. The molecular weight excluding hydrogens is 288 g/mol. The molecule has 6 heteroatoms. The molecule has 2 saturated heterocycles. The Bertz CT molecular complexity index is 671. The van der Waals surface area contributed by atoms with Crippen LogP contribution in [-0.2, 0) is 11.3 Å². The molecule has 0 amide bonds. The van der Waals surface area contributed by atoms with E-state index in [9.17, 15) is 0 Å². The number of hydrogen-bond acceptors (Lipinski definition) is 4. The van der Waals surface area contributed by atoms with Crippen LogP contribution in [0.2, 0.25) is 5.02 Å². The van der Waals surface area contributed by atoms with Crippen molar-refractivity contribution >= 4 is 28.6 Å². The van der Waals surface area contributed by atoms with Gasteiger partial charge in [0.05, 0.1) is 30.3 Å².